The molecule has 4 nitrogen and oxygen atoms in total. The van der Waals surface area contributed by atoms with Crippen LogP contribution in [0, 0.1) is 0 Å². The van der Waals surface area contributed by atoms with Crippen molar-refractivity contribution in [1.82, 2.24) is 4.31 Å². The minimum Gasteiger partial charge on any atom is -0.392 e. The van der Waals surface area contributed by atoms with Crippen molar-refractivity contribution >= 4 is 27.2 Å². The second-order valence-corrected chi connectivity index (χ2v) is 6.72. The Bertz CT molecular complexity index is 340. The highest BCUT2D eigenvalue weighted by Crippen LogP contribution is 2.22. The van der Waals surface area contributed by atoms with E-state index in [4.69, 9.17) is 18.0 Å². The van der Waals surface area contributed by atoms with Crippen LogP contribution >= 0.6 is 12.2 Å². The molecule has 0 aromatic heterocycles. The molecule has 2 atom stereocenters. The van der Waals surface area contributed by atoms with Gasteiger partial charge in [0.25, 0.3) is 0 Å². The molecule has 0 aromatic carbocycles. The van der Waals surface area contributed by atoms with Gasteiger partial charge in [0.2, 0.25) is 10.0 Å². The molecule has 1 rings (SSSR count). The summed E-state index contributed by atoms with van der Waals surface area (Å²) >= 11 is 4.75. The maximum absolute atomic E-state index is 12.1. The Kier molecular flexibility index (Phi) is 4.08. The van der Waals surface area contributed by atoms with Crippen LogP contribution in [0.5, 0.6) is 0 Å². The van der Waals surface area contributed by atoms with Crippen molar-refractivity contribution in [2.24, 2.45) is 5.73 Å². The molecule has 0 aromatic rings. The molecule has 6 heteroatoms. The lowest BCUT2D eigenvalue weighted by Gasteiger charge is -2.34. The third-order valence-electron chi connectivity index (χ3n) is 2.92. The SMILES string of the molecule is CC1CCCCN1S(=O)(=O)C(C)C(N)=S. The number of nitrogens with two attached hydrogens (primary N) is 1. The molecule has 1 fully saturated rings. The smallest absolute Gasteiger partial charge is 0.223 e. The van der Waals surface area contributed by atoms with Crippen molar-refractivity contribution in [3.63, 3.8) is 0 Å². The van der Waals surface area contributed by atoms with Gasteiger partial charge in [-0.1, -0.05) is 18.6 Å². The minimum atomic E-state index is -3.34. The van der Waals surface area contributed by atoms with Gasteiger partial charge in [-0.2, -0.15) is 4.31 Å². The Labute approximate surface area is 96.9 Å². The van der Waals surface area contributed by atoms with Crippen molar-refractivity contribution in [3.05, 3.63) is 0 Å². The Morgan fingerprint density at radius 1 is 1.53 bits per heavy atom. The molecule has 2 unspecified atom stereocenters. The van der Waals surface area contributed by atoms with E-state index in [0.717, 1.165) is 19.3 Å². The average molecular weight is 250 g/mol. The summed E-state index contributed by atoms with van der Waals surface area (Å²) in [6.45, 7) is 4.08. The first-order valence-electron chi connectivity index (χ1n) is 5.17. The van der Waals surface area contributed by atoms with E-state index in [2.05, 4.69) is 0 Å². The Morgan fingerprint density at radius 2 is 2.13 bits per heavy atom. The molecule has 0 saturated carbocycles. The second-order valence-electron chi connectivity index (χ2n) is 4.05. The van der Waals surface area contributed by atoms with Gasteiger partial charge in [-0.25, -0.2) is 8.42 Å². The Hall–Kier alpha value is -0.200. The van der Waals surface area contributed by atoms with E-state index in [1.165, 1.54) is 0 Å². The van der Waals surface area contributed by atoms with E-state index in [1.807, 2.05) is 6.92 Å². The number of piperidine rings is 1. The monoisotopic (exact) mass is 250 g/mol. The Balaban J connectivity index is 2.89. The summed E-state index contributed by atoms with van der Waals surface area (Å²) in [6.07, 6.45) is 2.94. The molecule has 0 aliphatic carbocycles. The molecule has 15 heavy (non-hydrogen) atoms. The summed E-state index contributed by atoms with van der Waals surface area (Å²) < 4.78 is 25.7. The van der Waals surface area contributed by atoms with E-state index in [1.54, 1.807) is 11.2 Å². The molecule has 88 valence electrons. The standard InChI is InChI=1S/C9H18N2O2S2/c1-7-5-3-4-6-11(7)15(12,13)8(2)9(10)14/h7-8H,3-6H2,1-2H3,(H2,10,14). The summed E-state index contributed by atoms with van der Waals surface area (Å²) in [4.78, 5) is 0.0489. The molecule has 0 spiro atoms. The van der Waals surface area contributed by atoms with Crippen LogP contribution in [0.2, 0.25) is 0 Å². The molecule has 1 aliphatic rings. The quantitative estimate of drug-likeness (QED) is 0.755. The minimum absolute atomic E-state index is 0.0489. The third kappa shape index (κ3) is 2.68. The zero-order valence-corrected chi connectivity index (χ0v) is 10.8. The van der Waals surface area contributed by atoms with Crippen molar-refractivity contribution in [2.75, 3.05) is 6.54 Å². The number of hydrogen-bond donors (Lipinski definition) is 1. The molecule has 0 radical (unpaired) electrons. The van der Waals surface area contributed by atoms with Gasteiger partial charge < -0.3 is 5.73 Å². The van der Waals surface area contributed by atoms with Gasteiger partial charge in [0, 0.05) is 12.6 Å². The molecule has 2 N–H and O–H groups in total. The maximum atomic E-state index is 12.1. The van der Waals surface area contributed by atoms with Crippen LogP contribution in [0.1, 0.15) is 33.1 Å². The van der Waals surface area contributed by atoms with Crippen LogP contribution in [0.4, 0.5) is 0 Å². The van der Waals surface area contributed by atoms with Crippen LogP contribution in [-0.4, -0.2) is 35.5 Å². The highest BCUT2D eigenvalue weighted by Gasteiger charge is 2.34. The van der Waals surface area contributed by atoms with E-state index < -0.39 is 15.3 Å². The van der Waals surface area contributed by atoms with Crippen molar-refractivity contribution in [1.29, 1.82) is 0 Å². The summed E-state index contributed by atoms with van der Waals surface area (Å²) in [7, 11) is -3.34. The fourth-order valence-electron chi connectivity index (χ4n) is 1.80. The maximum Gasteiger partial charge on any atom is 0.223 e. The van der Waals surface area contributed by atoms with Gasteiger partial charge in [0.05, 0.1) is 4.99 Å². The fourth-order valence-corrected chi connectivity index (χ4v) is 3.85. The zero-order valence-electron chi connectivity index (χ0n) is 9.14. The summed E-state index contributed by atoms with van der Waals surface area (Å²) in [5.41, 5.74) is 5.40. The lowest BCUT2D eigenvalue weighted by atomic mass is 10.1. The number of sulfonamides is 1. The predicted molar refractivity (Wildman–Crippen MR) is 65.2 cm³/mol. The fraction of sp³-hybridized carbons (Fsp3) is 0.889. The molecule has 1 aliphatic heterocycles. The van der Waals surface area contributed by atoms with Crippen LogP contribution < -0.4 is 5.73 Å². The van der Waals surface area contributed by atoms with Crippen molar-refractivity contribution in [2.45, 2.75) is 44.4 Å². The largest absolute Gasteiger partial charge is 0.392 e. The number of thiocarbonyl (C=S) groups is 1. The topological polar surface area (TPSA) is 63.4 Å². The highest BCUT2D eigenvalue weighted by atomic mass is 32.2. The molecular formula is C9H18N2O2S2. The first kappa shape index (κ1) is 12.9. The van der Waals surface area contributed by atoms with Gasteiger partial charge in [-0.3, -0.25) is 0 Å². The lowest BCUT2D eigenvalue weighted by molar-refractivity contribution is 0.268. The number of rotatable bonds is 3. The van der Waals surface area contributed by atoms with E-state index in [0.29, 0.717) is 6.54 Å². The van der Waals surface area contributed by atoms with Crippen molar-refractivity contribution in [3.8, 4) is 0 Å². The Morgan fingerprint density at radius 3 is 2.60 bits per heavy atom. The van der Waals surface area contributed by atoms with E-state index in [9.17, 15) is 8.42 Å². The molecule has 1 saturated heterocycles. The van der Waals surface area contributed by atoms with Gasteiger partial charge in [-0.05, 0) is 26.7 Å². The van der Waals surface area contributed by atoms with Gasteiger partial charge in [0.15, 0.2) is 0 Å². The zero-order chi connectivity index (χ0) is 11.6. The van der Waals surface area contributed by atoms with Crippen LogP contribution in [0.15, 0.2) is 0 Å². The predicted octanol–water partition coefficient (Wildman–Crippen LogP) is 0.865. The second kappa shape index (κ2) is 4.76. The number of hydrogen-bond acceptors (Lipinski definition) is 3. The van der Waals surface area contributed by atoms with Crippen LogP contribution in [-0.2, 0) is 10.0 Å². The van der Waals surface area contributed by atoms with Gasteiger partial charge in [-0.15, -0.1) is 0 Å². The molecule has 0 amide bonds. The van der Waals surface area contributed by atoms with Crippen LogP contribution in [0.3, 0.4) is 0 Å². The lowest BCUT2D eigenvalue weighted by Crippen LogP contribution is -2.48. The summed E-state index contributed by atoms with van der Waals surface area (Å²) in [5, 5.41) is -0.756. The van der Waals surface area contributed by atoms with E-state index in [-0.39, 0.29) is 11.0 Å². The normalized spacial score (nSPS) is 26.1. The molecule has 0 bridgehead atoms. The van der Waals surface area contributed by atoms with Gasteiger partial charge in [0.1, 0.15) is 5.25 Å². The molecule has 1 heterocycles. The molecular weight excluding hydrogens is 232 g/mol. The first-order chi connectivity index (χ1) is 6.87. The van der Waals surface area contributed by atoms with Crippen LogP contribution in [0.25, 0.3) is 0 Å². The van der Waals surface area contributed by atoms with Crippen molar-refractivity contribution < 1.29 is 8.42 Å². The van der Waals surface area contributed by atoms with Gasteiger partial charge >= 0.3 is 0 Å². The highest BCUT2D eigenvalue weighted by molar-refractivity contribution is 7.92. The first-order valence-corrected chi connectivity index (χ1v) is 7.08. The summed E-state index contributed by atoms with van der Waals surface area (Å²) in [6, 6.07) is 0.0700. The van der Waals surface area contributed by atoms with E-state index >= 15 is 0 Å². The average Bonchev–Trinajstić information content (AvgIpc) is 2.16. The third-order valence-corrected chi connectivity index (χ3v) is 5.76. The summed E-state index contributed by atoms with van der Waals surface area (Å²) in [5.74, 6) is 0. The number of nitrogens with zero attached hydrogens (tertiary/aromatic N) is 1.